The largest absolute Gasteiger partial charge is 0.448 e. The van der Waals surface area contributed by atoms with Crippen LogP contribution in [0.3, 0.4) is 0 Å². The van der Waals surface area contributed by atoms with Gasteiger partial charge in [-0.15, -0.1) is 0 Å². The van der Waals surface area contributed by atoms with Gasteiger partial charge in [0.15, 0.2) is 0 Å². The van der Waals surface area contributed by atoms with E-state index in [9.17, 15) is 4.79 Å². The van der Waals surface area contributed by atoms with Crippen LogP contribution in [-0.4, -0.2) is 15.8 Å². The van der Waals surface area contributed by atoms with Crippen molar-refractivity contribution in [2.75, 3.05) is 6.61 Å². The number of nitrogens with zero attached hydrogens (tertiary/aromatic N) is 1. The van der Waals surface area contributed by atoms with Gasteiger partial charge in [-0.1, -0.05) is 19.3 Å². The van der Waals surface area contributed by atoms with Gasteiger partial charge in [-0.05, 0) is 13.3 Å². The Morgan fingerprint density at radius 3 is 2.83 bits per heavy atom. The minimum absolute atomic E-state index is 0.390. The van der Waals surface area contributed by atoms with E-state index in [0.717, 1.165) is 12.8 Å². The fourth-order valence-electron chi connectivity index (χ4n) is 0.504. The second-order valence-corrected chi connectivity index (χ2v) is 3.08. The zero-order valence-corrected chi connectivity index (χ0v) is 9.42. The predicted molar refractivity (Wildman–Crippen MR) is 55.6 cm³/mol. The first-order valence-corrected chi connectivity index (χ1v) is 4.74. The van der Waals surface area contributed by atoms with Crippen LogP contribution in [0.25, 0.3) is 0 Å². The van der Waals surface area contributed by atoms with Crippen molar-refractivity contribution in [3.05, 3.63) is 0 Å². The van der Waals surface area contributed by atoms with E-state index >= 15 is 0 Å². The molecule has 0 bridgehead atoms. The zero-order chi connectivity index (χ0) is 9.40. The van der Waals surface area contributed by atoms with Gasteiger partial charge in [-0.25, -0.2) is 4.79 Å². The molecule has 0 aliphatic rings. The molecular formula is C8H12INO2. The summed E-state index contributed by atoms with van der Waals surface area (Å²) in [5, 5.41) is 0. The first-order chi connectivity index (χ1) is 5.72. The molecule has 1 amide bonds. The number of unbranched alkanes of at least 4 members (excludes halogenated alkanes) is 1. The molecule has 0 saturated heterocycles. The minimum Gasteiger partial charge on any atom is -0.448 e. The molecule has 0 N–H and O–H groups in total. The number of ether oxygens (including phenoxy) is 1. The van der Waals surface area contributed by atoms with Crippen molar-refractivity contribution in [3.63, 3.8) is 0 Å². The van der Waals surface area contributed by atoms with Crippen molar-refractivity contribution in [1.29, 1.82) is 0 Å². The predicted octanol–water partition coefficient (Wildman–Crippen LogP) is 2.56. The number of amides is 1. The smallest absolute Gasteiger partial charge is 0.430 e. The van der Waals surface area contributed by atoms with Crippen molar-refractivity contribution >= 4 is 29.0 Å². The highest BCUT2D eigenvalue weighted by Crippen LogP contribution is 2.01. The summed E-state index contributed by atoms with van der Waals surface area (Å²) >= 11 is 1.80. The van der Waals surface area contributed by atoms with Crippen LogP contribution in [0.15, 0.2) is 0 Å². The Morgan fingerprint density at radius 1 is 1.67 bits per heavy atom. The monoisotopic (exact) mass is 281 g/mol. The Balaban J connectivity index is 3.62. The van der Waals surface area contributed by atoms with Gasteiger partial charge in [0.1, 0.15) is 0 Å². The average molecular weight is 281 g/mol. The van der Waals surface area contributed by atoms with Crippen molar-refractivity contribution in [3.8, 4) is 12.0 Å². The van der Waals surface area contributed by atoms with E-state index in [1.165, 1.54) is 3.11 Å². The van der Waals surface area contributed by atoms with E-state index in [1.54, 1.807) is 29.8 Å². The lowest BCUT2D eigenvalue weighted by molar-refractivity contribution is 0.138. The normalized spacial score (nSPS) is 8.25. The molecule has 0 atom stereocenters. The molecule has 0 heterocycles. The Bertz CT molecular complexity index is 195. The highest BCUT2D eigenvalue weighted by Gasteiger charge is 2.07. The van der Waals surface area contributed by atoms with Gasteiger partial charge in [0.2, 0.25) is 0 Å². The highest BCUT2D eigenvalue weighted by atomic mass is 127. The summed E-state index contributed by atoms with van der Waals surface area (Å²) in [6.45, 7) is 4.19. The highest BCUT2D eigenvalue weighted by molar-refractivity contribution is 14.1. The molecule has 0 aromatic heterocycles. The maximum atomic E-state index is 11.0. The summed E-state index contributed by atoms with van der Waals surface area (Å²) in [5.41, 5.74) is 0. The fourth-order valence-corrected chi connectivity index (χ4v) is 0.885. The van der Waals surface area contributed by atoms with Crippen LogP contribution in [0, 0.1) is 12.0 Å². The van der Waals surface area contributed by atoms with Gasteiger partial charge in [0, 0.05) is 6.04 Å². The van der Waals surface area contributed by atoms with E-state index in [4.69, 9.17) is 4.74 Å². The van der Waals surface area contributed by atoms with Crippen LogP contribution >= 0.6 is 22.9 Å². The van der Waals surface area contributed by atoms with Crippen LogP contribution in [-0.2, 0) is 4.74 Å². The number of carbonyl (C=O) groups is 1. The molecule has 0 aromatic rings. The molecule has 0 radical (unpaired) electrons. The summed E-state index contributed by atoms with van der Waals surface area (Å²) < 4.78 is 6.09. The summed E-state index contributed by atoms with van der Waals surface area (Å²) in [6, 6.07) is 2.57. The molecule has 12 heavy (non-hydrogen) atoms. The van der Waals surface area contributed by atoms with Gasteiger partial charge in [-0.3, -0.25) is 0 Å². The molecule has 3 nitrogen and oxygen atoms in total. The Labute approximate surface area is 86.9 Å². The standard InChI is InChI=1S/C8H12INO2/c1-3-5-7-12-8(11)10(9)6-4-2/h3,5,7H2,1-2H3. The topological polar surface area (TPSA) is 29.5 Å². The minimum atomic E-state index is -0.390. The van der Waals surface area contributed by atoms with E-state index in [-0.39, 0.29) is 0 Å². The third-order valence-electron chi connectivity index (χ3n) is 1.09. The quantitative estimate of drug-likeness (QED) is 0.261. The van der Waals surface area contributed by atoms with Crippen LogP contribution < -0.4 is 0 Å². The van der Waals surface area contributed by atoms with Gasteiger partial charge in [0.05, 0.1) is 29.5 Å². The lowest BCUT2D eigenvalue weighted by atomic mass is 10.4. The molecule has 0 rings (SSSR count). The number of halogens is 1. The summed E-state index contributed by atoms with van der Waals surface area (Å²) in [5.74, 6) is 2.61. The molecule has 68 valence electrons. The molecule has 0 aliphatic heterocycles. The lowest BCUT2D eigenvalue weighted by Gasteiger charge is -2.06. The van der Waals surface area contributed by atoms with E-state index in [0.29, 0.717) is 6.61 Å². The van der Waals surface area contributed by atoms with Gasteiger partial charge in [0.25, 0.3) is 0 Å². The molecule has 0 spiro atoms. The molecule has 0 aliphatic carbocycles. The molecular weight excluding hydrogens is 269 g/mol. The Morgan fingerprint density at radius 2 is 2.33 bits per heavy atom. The number of hydrogen-bond acceptors (Lipinski definition) is 2. The van der Waals surface area contributed by atoms with Gasteiger partial charge >= 0.3 is 6.09 Å². The second kappa shape index (κ2) is 7.22. The molecule has 4 heteroatoms. The number of hydrogen-bond donors (Lipinski definition) is 0. The van der Waals surface area contributed by atoms with Gasteiger partial charge in [-0.2, -0.15) is 3.11 Å². The van der Waals surface area contributed by atoms with E-state index in [1.807, 2.05) is 6.92 Å². The SMILES string of the molecule is CC#CN(I)C(=O)OCCCC. The average Bonchev–Trinajstić information content (AvgIpc) is 2.05. The van der Waals surface area contributed by atoms with E-state index < -0.39 is 6.09 Å². The van der Waals surface area contributed by atoms with Crippen molar-refractivity contribution in [2.24, 2.45) is 0 Å². The Kier molecular flexibility index (Phi) is 6.96. The number of carbonyl (C=O) groups excluding carboxylic acids is 1. The summed E-state index contributed by atoms with van der Waals surface area (Å²) in [7, 11) is 0. The summed E-state index contributed by atoms with van der Waals surface area (Å²) in [4.78, 5) is 11.0. The Hall–Kier alpha value is -0.440. The van der Waals surface area contributed by atoms with Crippen LogP contribution in [0.2, 0.25) is 0 Å². The zero-order valence-electron chi connectivity index (χ0n) is 7.26. The van der Waals surface area contributed by atoms with Crippen molar-refractivity contribution in [1.82, 2.24) is 3.11 Å². The maximum Gasteiger partial charge on any atom is 0.430 e. The van der Waals surface area contributed by atoms with Crippen molar-refractivity contribution in [2.45, 2.75) is 26.7 Å². The fraction of sp³-hybridized carbons (Fsp3) is 0.625. The first kappa shape index (κ1) is 11.6. The molecule has 0 fully saturated rings. The van der Waals surface area contributed by atoms with Crippen molar-refractivity contribution < 1.29 is 9.53 Å². The molecule has 0 unspecified atom stereocenters. The third kappa shape index (κ3) is 5.24. The van der Waals surface area contributed by atoms with Crippen LogP contribution in [0.1, 0.15) is 26.7 Å². The maximum absolute atomic E-state index is 11.0. The third-order valence-corrected chi connectivity index (χ3v) is 1.73. The van der Waals surface area contributed by atoms with Gasteiger partial charge < -0.3 is 4.74 Å². The van der Waals surface area contributed by atoms with Crippen LogP contribution in [0.4, 0.5) is 4.79 Å². The lowest BCUT2D eigenvalue weighted by Crippen LogP contribution is -2.17. The van der Waals surface area contributed by atoms with Crippen LogP contribution in [0.5, 0.6) is 0 Å². The molecule has 0 saturated carbocycles. The molecule has 0 aromatic carbocycles. The first-order valence-electron chi connectivity index (χ1n) is 3.77. The van der Waals surface area contributed by atoms with E-state index in [2.05, 4.69) is 12.0 Å². The summed E-state index contributed by atoms with van der Waals surface area (Å²) in [6.07, 6.45) is 1.53. The number of rotatable bonds is 3. The second-order valence-electron chi connectivity index (χ2n) is 2.11.